The molecule has 2 aromatic heterocycles. The van der Waals surface area contributed by atoms with Crippen molar-refractivity contribution in [2.24, 2.45) is 0 Å². The van der Waals surface area contributed by atoms with Gasteiger partial charge in [-0.1, -0.05) is 6.07 Å². The van der Waals surface area contributed by atoms with Gasteiger partial charge in [0.2, 0.25) is 11.9 Å². The summed E-state index contributed by atoms with van der Waals surface area (Å²) in [6.07, 6.45) is -2.48. The largest absolute Gasteiger partial charge is 0.417 e. The maximum Gasteiger partial charge on any atom is 0.417 e. The van der Waals surface area contributed by atoms with Crippen LogP contribution in [0.1, 0.15) is 24.8 Å². The minimum atomic E-state index is -4.64. The molecule has 3 heterocycles. The van der Waals surface area contributed by atoms with Crippen LogP contribution in [-0.2, 0) is 11.0 Å². The molecule has 0 bridgehead atoms. The van der Waals surface area contributed by atoms with Crippen LogP contribution >= 0.6 is 0 Å². The molecule has 1 amide bonds. The standard InChI is InChI=1S/C22H18F4N6O/c23-13-9-7-12(8-10-13)18-30-19-17-14(22(24,25)26)4-3-6-15(17)28-21(32(19)31-18)29-16-5-1-2-11-27-20(16)33/h3-4,6-10,16H,1-2,5,11H2,(H,27,33)(H,28,29)/t16-/m1/s1. The molecule has 4 aromatic rings. The van der Waals surface area contributed by atoms with E-state index in [4.69, 9.17) is 0 Å². The number of hydrogen-bond acceptors (Lipinski definition) is 5. The lowest BCUT2D eigenvalue weighted by atomic mass is 10.1. The van der Waals surface area contributed by atoms with E-state index in [1.165, 1.54) is 40.9 Å². The second-order valence-electron chi connectivity index (χ2n) is 7.79. The molecule has 0 spiro atoms. The third-order valence-electron chi connectivity index (χ3n) is 5.55. The SMILES string of the molecule is O=C1NCCCC[C@H]1Nc1nc2cccc(C(F)(F)F)c2c2nc(-c3ccc(F)cc3)nn12. The molecule has 2 aromatic carbocycles. The Morgan fingerprint density at radius 1 is 1.06 bits per heavy atom. The summed E-state index contributed by atoms with van der Waals surface area (Å²) in [6, 6.07) is 8.38. The summed E-state index contributed by atoms with van der Waals surface area (Å²) in [4.78, 5) is 21.2. The predicted octanol–water partition coefficient (Wildman–Crippen LogP) is 4.18. The quantitative estimate of drug-likeness (QED) is 0.450. The summed E-state index contributed by atoms with van der Waals surface area (Å²) in [6.45, 7) is 0.560. The van der Waals surface area contributed by atoms with Crippen LogP contribution in [0.3, 0.4) is 0 Å². The topological polar surface area (TPSA) is 84.2 Å². The number of halogens is 4. The molecule has 5 rings (SSSR count). The van der Waals surface area contributed by atoms with Crippen molar-refractivity contribution < 1.29 is 22.4 Å². The van der Waals surface area contributed by atoms with E-state index in [1.54, 1.807) is 0 Å². The lowest BCUT2D eigenvalue weighted by Gasteiger charge is -2.17. The summed E-state index contributed by atoms with van der Waals surface area (Å²) in [5.74, 6) is -0.476. The van der Waals surface area contributed by atoms with Gasteiger partial charge in [-0.15, -0.1) is 5.10 Å². The molecule has 1 saturated heterocycles. The van der Waals surface area contributed by atoms with Crippen molar-refractivity contribution >= 4 is 28.4 Å². The maximum absolute atomic E-state index is 13.8. The summed E-state index contributed by atoms with van der Waals surface area (Å²) in [5, 5.41) is 9.99. The number of anilines is 1. The van der Waals surface area contributed by atoms with E-state index >= 15 is 0 Å². The molecule has 0 unspecified atom stereocenters. The molecular weight excluding hydrogens is 440 g/mol. The smallest absolute Gasteiger partial charge is 0.354 e. The van der Waals surface area contributed by atoms with E-state index in [2.05, 4.69) is 25.7 Å². The van der Waals surface area contributed by atoms with Crippen LogP contribution in [0.4, 0.5) is 23.5 Å². The number of hydrogen-bond donors (Lipinski definition) is 2. The van der Waals surface area contributed by atoms with Crippen molar-refractivity contribution in [3.8, 4) is 11.4 Å². The van der Waals surface area contributed by atoms with Gasteiger partial charge < -0.3 is 10.6 Å². The Morgan fingerprint density at radius 2 is 1.85 bits per heavy atom. The highest BCUT2D eigenvalue weighted by molar-refractivity contribution is 5.96. The normalized spacial score (nSPS) is 17.2. The van der Waals surface area contributed by atoms with Crippen LogP contribution in [0.5, 0.6) is 0 Å². The molecule has 1 atom stereocenters. The first-order chi connectivity index (χ1) is 15.8. The van der Waals surface area contributed by atoms with Crippen molar-refractivity contribution in [2.45, 2.75) is 31.5 Å². The molecular formula is C22H18F4N6O. The van der Waals surface area contributed by atoms with Gasteiger partial charge in [-0.25, -0.2) is 14.4 Å². The minimum absolute atomic E-state index is 0.0620. The van der Waals surface area contributed by atoms with E-state index < -0.39 is 23.6 Å². The van der Waals surface area contributed by atoms with Crippen molar-refractivity contribution in [3.63, 3.8) is 0 Å². The van der Waals surface area contributed by atoms with Gasteiger partial charge in [-0.3, -0.25) is 4.79 Å². The zero-order valence-corrected chi connectivity index (χ0v) is 17.2. The lowest BCUT2D eigenvalue weighted by Crippen LogP contribution is -2.38. The van der Waals surface area contributed by atoms with Crippen LogP contribution in [0.15, 0.2) is 42.5 Å². The second kappa shape index (κ2) is 7.98. The molecule has 0 radical (unpaired) electrons. The van der Waals surface area contributed by atoms with Gasteiger partial charge in [-0.05, 0) is 55.7 Å². The first-order valence-electron chi connectivity index (χ1n) is 10.4. The van der Waals surface area contributed by atoms with Gasteiger partial charge in [0.05, 0.1) is 16.5 Å². The lowest BCUT2D eigenvalue weighted by molar-refractivity contribution is -0.136. The van der Waals surface area contributed by atoms with Gasteiger partial charge in [0.25, 0.3) is 0 Å². The van der Waals surface area contributed by atoms with Crippen molar-refractivity contribution in [2.75, 3.05) is 11.9 Å². The number of nitrogens with one attached hydrogen (secondary N) is 2. The molecule has 2 N–H and O–H groups in total. The highest BCUT2D eigenvalue weighted by Gasteiger charge is 2.35. The first-order valence-corrected chi connectivity index (χ1v) is 10.4. The van der Waals surface area contributed by atoms with Gasteiger partial charge >= 0.3 is 6.18 Å². The number of carbonyl (C=O) groups is 1. The molecule has 0 saturated carbocycles. The van der Waals surface area contributed by atoms with Gasteiger partial charge in [0.15, 0.2) is 11.5 Å². The third-order valence-corrected chi connectivity index (χ3v) is 5.55. The fourth-order valence-electron chi connectivity index (χ4n) is 3.94. The Kier molecular flexibility index (Phi) is 5.10. The minimum Gasteiger partial charge on any atom is -0.354 e. The van der Waals surface area contributed by atoms with Crippen molar-refractivity contribution in [3.05, 3.63) is 53.8 Å². The number of nitrogens with zero attached hydrogens (tertiary/aromatic N) is 4. The highest BCUT2D eigenvalue weighted by Crippen LogP contribution is 2.37. The molecule has 1 fully saturated rings. The maximum atomic E-state index is 13.8. The number of carbonyl (C=O) groups excluding carboxylic acids is 1. The van der Waals surface area contributed by atoms with E-state index in [0.29, 0.717) is 18.5 Å². The summed E-state index contributed by atoms with van der Waals surface area (Å²) in [7, 11) is 0. The Balaban J connectivity index is 1.74. The Hall–Kier alpha value is -3.76. The van der Waals surface area contributed by atoms with Gasteiger partial charge in [-0.2, -0.15) is 17.7 Å². The summed E-state index contributed by atoms with van der Waals surface area (Å²) in [5.41, 5.74) is -0.471. The van der Waals surface area contributed by atoms with Crippen LogP contribution in [0.25, 0.3) is 27.9 Å². The zero-order valence-electron chi connectivity index (χ0n) is 17.2. The van der Waals surface area contributed by atoms with E-state index in [1.807, 2.05) is 0 Å². The number of alkyl halides is 3. The van der Waals surface area contributed by atoms with Crippen LogP contribution in [0, 0.1) is 5.82 Å². The fourth-order valence-corrected chi connectivity index (χ4v) is 3.94. The Labute approximate surface area is 184 Å². The molecule has 7 nitrogen and oxygen atoms in total. The molecule has 1 aliphatic rings. The van der Waals surface area contributed by atoms with E-state index in [9.17, 15) is 22.4 Å². The molecule has 11 heteroatoms. The monoisotopic (exact) mass is 458 g/mol. The first kappa shape index (κ1) is 21.1. The number of benzene rings is 2. The van der Waals surface area contributed by atoms with Gasteiger partial charge in [0, 0.05) is 12.1 Å². The number of aromatic nitrogens is 4. The number of fused-ring (bicyclic) bond motifs is 3. The van der Waals surface area contributed by atoms with E-state index in [-0.39, 0.29) is 34.2 Å². The zero-order chi connectivity index (χ0) is 23.2. The van der Waals surface area contributed by atoms with Crippen molar-refractivity contribution in [1.82, 2.24) is 24.9 Å². The predicted molar refractivity (Wildman–Crippen MR) is 113 cm³/mol. The molecule has 0 aliphatic carbocycles. The van der Waals surface area contributed by atoms with E-state index in [0.717, 1.165) is 18.9 Å². The average Bonchev–Trinajstić information content (AvgIpc) is 3.13. The Bertz CT molecular complexity index is 1350. The summed E-state index contributed by atoms with van der Waals surface area (Å²) >= 11 is 0. The second-order valence-corrected chi connectivity index (χ2v) is 7.79. The van der Waals surface area contributed by atoms with Crippen molar-refractivity contribution in [1.29, 1.82) is 0 Å². The Morgan fingerprint density at radius 3 is 2.61 bits per heavy atom. The average molecular weight is 458 g/mol. The highest BCUT2D eigenvalue weighted by atomic mass is 19.4. The van der Waals surface area contributed by atoms with Crippen LogP contribution in [0.2, 0.25) is 0 Å². The van der Waals surface area contributed by atoms with Crippen LogP contribution in [-0.4, -0.2) is 38.1 Å². The molecule has 33 heavy (non-hydrogen) atoms. The van der Waals surface area contributed by atoms with Gasteiger partial charge in [0.1, 0.15) is 11.9 Å². The molecule has 170 valence electrons. The number of amides is 1. The van der Waals surface area contributed by atoms with Crippen LogP contribution < -0.4 is 10.6 Å². The third kappa shape index (κ3) is 3.94. The number of rotatable bonds is 3. The molecule has 1 aliphatic heterocycles. The fraction of sp³-hybridized carbons (Fsp3) is 0.273. The summed E-state index contributed by atoms with van der Waals surface area (Å²) < 4.78 is 55.9.